The fourth-order valence-electron chi connectivity index (χ4n) is 0.708. The lowest BCUT2D eigenvalue weighted by atomic mass is 10.3. The van der Waals surface area contributed by atoms with E-state index in [2.05, 4.69) is 17.2 Å². The zero-order valence-electron chi connectivity index (χ0n) is 5.67. The molecule has 0 atom stereocenters. The largest absolute Gasteiger partial charge is 0.206 e. The number of aryl methyl sites for hydroxylation is 1. The minimum Gasteiger partial charge on any atom is -0.163 e. The first-order valence-corrected chi connectivity index (χ1v) is 3.32. The van der Waals surface area contributed by atoms with Crippen LogP contribution in [-0.4, -0.2) is 10.3 Å². The molecule has 0 aliphatic heterocycles. The van der Waals surface area contributed by atoms with E-state index < -0.39 is 0 Å². The summed E-state index contributed by atoms with van der Waals surface area (Å²) in [5.74, 6) is 0. The second-order valence-electron chi connectivity index (χ2n) is 2.07. The number of aromatic nitrogens is 3. The summed E-state index contributed by atoms with van der Waals surface area (Å²) in [4.78, 5) is 0. The molecule has 0 aliphatic rings. The molecule has 0 saturated heterocycles. The van der Waals surface area contributed by atoms with Crippen LogP contribution in [0.1, 0.15) is 19.8 Å². The summed E-state index contributed by atoms with van der Waals surface area (Å²) < 4.78 is 1.98. The molecule has 9 heavy (non-hydrogen) atoms. The molecule has 0 unspecified atom stereocenters. The quantitative estimate of drug-likeness (QED) is 0.588. The van der Waals surface area contributed by atoms with E-state index in [1.807, 2.05) is 10.9 Å². The number of H-pyrrole nitrogens is 1. The minimum absolute atomic E-state index is 1.05. The second-order valence-corrected chi connectivity index (χ2v) is 2.07. The van der Waals surface area contributed by atoms with E-state index in [0.717, 1.165) is 6.54 Å². The maximum atomic E-state index is 3.81. The summed E-state index contributed by atoms with van der Waals surface area (Å²) in [5.41, 5.74) is 0. The first-order chi connectivity index (χ1) is 4.43. The van der Waals surface area contributed by atoms with Crippen LogP contribution in [0.4, 0.5) is 0 Å². The molecule has 1 N–H and O–H groups in total. The number of rotatable bonds is 3. The van der Waals surface area contributed by atoms with Gasteiger partial charge >= 0.3 is 0 Å². The van der Waals surface area contributed by atoms with Crippen LogP contribution in [0.25, 0.3) is 0 Å². The Morgan fingerprint density at radius 3 is 3.11 bits per heavy atom. The zero-order valence-corrected chi connectivity index (χ0v) is 5.67. The lowest BCUT2D eigenvalue weighted by Gasteiger charge is -1.88. The zero-order chi connectivity index (χ0) is 6.53. The smallest absolute Gasteiger partial charge is 0.163 e. The highest BCUT2D eigenvalue weighted by Crippen LogP contribution is 1.82. The number of hydrogen-bond acceptors (Lipinski definition) is 1. The summed E-state index contributed by atoms with van der Waals surface area (Å²) in [6.07, 6.45) is 6.14. The molecular formula is C6H12N3+. The monoisotopic (exact) mass is 126 g/mol. The summed E-state index contributed by atoms with van der Waals surface area (Å²) in [6, 6.07) is 0. The summed E-state index contributed by atoms with van der Waals surface area (Å²) >= 11 is 0. The Balaban J connectivity index is 2.30. The molecule has 1 rings (SSSR count). The van der Waals surface area contributed by atoms with Gasteiger partial charge in [-0.3, -0.25) is 0 Å². The van der Waals surface area contributed by atoms with E-state index in [0.29, 0.717) is 0 Å². The Morgan fingerprint density at radius 1 is 1.67 bits per heavy atom. The van der Waals surface area contributed by atoms with Crippen molar-refractivity contribution in [3.63, 3.8) is 0 Å². The number of hydrogen-bond donors (Lipinski definition) is 1. The van der Waals surface area contributed by atoms with Crippen LogP contribution in [0.15, 0.2) is 12.4 Å². The first kappa shape index (κ1) is 6.26. The molecule has 3 nitrogen and oxygen atoms in total. The normalized spacial score (nSPS) is 9.89. The van der Waals surface area contributed by atoms with Gasteiger partial charge in [0.15, 0.2) is 6.20 Å². The van der Waals surface area contributed by atoms with E-state index in [9.17, 15) is 0 Å². The van der Waals surface area contributed by atoms with Crippen LogP contribution in [0.2, 0.25) is 0 Å². The molecule has 0 aliphatic carbocycles. The molecule has 0 radical (unpaired) electrons. The minimum atomic E-state index is 1.05. The Hall–Kier alpha value is -0.860. The highest BCUT2D eigenvalue weighted by molar-refractivity contribution is 4.47. The number of nitrogens with one attached hydrogen (secondary N) is 1. The van der Waals surface area contributed by atoms with Gasteiger partial charge in [0, 0.05) is 5.10 Å². The predicted molar refractivity (Wildman–Crippen MR) is 33.7 cm³/mol. The van der Waals surface area contributed by atoms with Crippen molar-refractivity contribution < 1.29 is 4.68 Å². The second kappa shape index (κ2) is 3.22. The summed E-state index contributed by atoms with van der Waals surface area (Å²) in [6.45, 7) is 3.23. The third-order valence-corrected chi connectivity index (χ3v) is 1.26. The third-order valence-electron chi connectivity index (χ3n) is 1.26. The van der Waals surface area contributed by atoms with Gasteiger partial charge in [0.1, 0.15) is 6.54 Å². The van der Waals surface area contributed by atoms with Crippen molar-refractivity contribution >= 4 is 0 Å². The van der Waals surface area contributed by atoms with Crippen molar-refractivity contribution in [3.05, 3.63) is 12.4 Å². The maximum Gasteiger partial charge on any atom is 0.206 e. The van der Waals surface area contributed by atoms with E-state index in [1.54, 1.807) is 6.20 Å². The topological polar surface area (TPSA) is 32.6 Å². The van der Waals surface area contributed by atoms with Crippen molar-refractivity contribution in [2.45, 2.75) is 26.3 Å². The van der Waals surface area contributed by atoms with Gasteiger partial charge in [0.25, 0.3) is 0 Å². The molecule has 0 amide bonds. The fraction of sp³-hybridized carbons (Fsp3) is 0.667. The van der Waals surface area contributed by atoms with E-state index >= 15 is 0 Å². The Morgan fingerprint density at radius 2 is 2.56 bits per heavy atom. The number of unbranched alkanes of at least 4 members (excludes halogenated alkanes) is 1. The Bertz CT molecular complexity index is 145. The van der Waals surface area contributed by atoms with Gasteiger partial charge in [-0.1, -0.05) is 18.6 Å². The average Bonchev–Trinajstić information content (AvgIpc) is 2.34. The van der Waals surface area contributed by atoms with Crippen LogP contribution < -0.4 is 4.68 Å². The molecule has 1 heterocycles. The van der Waals surface area contributed by atoms with Crippen molar-refractivity contribution in [2.24, 2.45) is 0 Å². The van der Waals surface area contributed by atoms with Crippen molar-refractivity contribution in [2.75, 3.05) is 0 Å². The Labute approximate surface area is 54.7 Å². The van der Waals surface area contributed by atoms with Gasteiger partial charge in [-0.15, -0.1) is 0 Å². The standard InChI is InChI=1S/C6H11N3/c1-2-3-5-9-6-4-7-8-9/h4,6H,2-3,5H2,1H3/p+1. The van der Waals surface area contributed by atoms with Crippen molar-refractivity contribution in [1.82, 2.24) is 10.3 Å². The van der Waals surface area contributed by atoms with Crippen molar-refractivity contribution in [1.29, 1.82) is 0 Å². The van der Waals surface area contributed by atoms with Crippen LogP contribution in [0.3, 0.4) is 0 Å². The van der Waals surface area contributed by atoms with Crippen LogP contribution in [-0.2, 0) is 6.54 Å². The highest BCUT2D eigenvalue weighted by Gasteiger charge is 1.93. The van der Waals surface area contributed by atoms with Gasteiger partial charge in [-0.2, -0.15) is 4.68 Å². The van der Waals surface area contributed by atoms with E-state index in [4.69, 9.17) is 0 Å². The molecule has 1 aromatic heterocycles. The predicted octanol–water partition coefficient (Wildman–Crippen LogP) is 0.497. The van der Waals surface area contributed by atoms with Gasteiger partial charge < -0.3 is 0 Å². The van der Waals surface area contributed by atoms with Crippen LogP contribution in [0, 0.1) is 0 Å². The molecule has 1 aromatic rings. The molecule has 0 aromatic carbocycles. The van der Waals surface area contributed by atoms with Gasteiger partial charge in [-0.25, -0.2) is 0 Å². The average molecular weight is 126 g/mol. The van der Waals surface area contributed by atoms with Crippen LogP contribution in [0.5, 0.6) is 0 Å². The Kier molecular flexibility index (Phi) is 2.24. The lowest BCUT2D eigenvalue weighted by molar-refractivity contribution is -0.753. The van der Waals surface area contributed by atoms with E-state index in [1.165, 1.54) is 12.8 Å². The summed E-state index contributed by atoms with van der Waals surface area (Å²) in [7, 11) is 0. The molecule has 50 valence electrons. The van der Waals surface area contributed by atoms with Gasteiger partial charge in [0.2, 0.25) is 6.20 Å². The van der Waals surface area contributed by atoms with Crippen molar-refractivity contribution in [3.8, 4) is 0 Å². The SMILES string of the molecule is CCCC[n+]1ccn[nH]1. The molecule has 0 bridgehead atoms. The molecular weight excluding hydrogens is 114 g/mol. The molecule has 0 saturated carbocycles. The summed E-state index contributed by atoms with van der Waals surface area (Å²) in [5, 5.41) is 6.65. The molecule has 0 spiro atoms. The number of aromatic amines is 1. The maximum absolute atomic E-state index is 3.81. The third kappa shape index (κ3) is 1.83. The van der Waals surface area contributed by atoms with Gasteiger partial charge in [0.05, 0.1) is 0 Å². The molecule has 0 fully saturated rings. The lowest BCUT2D eigenvalue weighted by Crippen LogP contribution is -2.34. The highest BCUT2D eigenvalue weighted by atomic mass is 15.4. The number of nitrogens with zero attached hydrogens (tertiary/aromatic N) is 2. The fourth-order valence-corrected chi connectivity index (χ4v) is 0.708. The first-order valence-electron chi connectivity index (χ1n) is 3.32. The van der Waals surface area contributed by atoms with E-state index in [-0.39, 0.29) is 0 Å². The molecule has 3 heteroatoms. The van der Waals surface area contributed by atoms with Crippen LogP contribution >= 0.6 is 0 Å². The van der Waals surface area contributed by atoms with Gasteiger partial charge in [-0.05, 0) is 6.42 Å².